The van der Waals surface area contributed by atoms with Gasteiger partial charge in [-0.2, -0.15) is 0 Å². The van der Waals surface area contributed by atoms with E-state index in [0.717, 1.165) is 52.2 Å². The highest BCUT2D eigenvalue weighted by molar-refractivity contribution is 5.94. The van der Waals surface area contributed by atoms with E-state index in [0.29, 0.717) is 50.0 Å². The van der Waals surface area contributed by atoms with Gasteiger partial charge in [-0.3, -0.25) is 34.0 Å². The summed E-state index contributed by atoms with van der Waals surface area (Å²) in [6.45, 7) is 16.4. The normalized spacial score (nSPS) is 22.2. The number of methoxy groups -OCH3 is 1. The molecule has 0 radical (unpaired) electrons. The number of esters is 1. The minimum atomic E-state index is -1.17. The molecule has 6 heterocycles. The third-order valence-corrected chi connectivity index (χ3v) is 14.3. The van der Waals surface area contributed by atoms with Crippen molar-refractivity contribution in [3.8, 4) is 28.3 Å². The average Bonchev–Trinajstić information content (AvgIpc) is 3.95. The second kappa shape index (κ2) is 19.9. The van der Waals surface area contributed by atoms with Crippen LogP contribution in [0.4, 0.5) is 5.69 Å². The van der Waals surface area contributed by atoms with Crippen LogP contribution in [0.15, 0.2) is 61.4 Å². The standard InChI is InChI=1S/C52H67N9O8/c1-10-44(63)58-20-16-34(28-58)49(65)57(8)46(31(3)4)47(64)54-39-23-32-21-35(24-36(62)22-32)33-14-15-40-41(25-33)60(29-52(5,6)30-69-51(67)38-13-12-18-61(55-38)50(39)66)48(59(40)11-2)37-26-53-27-42-45(37)43(68-9)17-19-56(42)7/h10,14-15,21-22,24-27,31,34,38-39,43,46,55H,1,11-13,16-20,23,28-30H2,2-9H3,(H-,54,62,64)/p+1/t34-,38-,39-,43-,46-/m0/s1. The quantitative estimate of drug-likeness (QED) is 0.122. The second-order valence-electron chi connectivity index (χ2n) is 20.3. The van der Waals surface area contributed by atoms with Gasteiger partial charge >= 0.3 is 5.97 Å². The number of likely N-dealkylation sites (tertiary alicyclic amines) is 1. The van der Waals surface area contributed by atoms with Gasteiger partial charge in [0.1, 0.15) is 30.5 Å². The lowest BCUT2D eigenvalue weighted by Crippen LogP contribution is -2.62. The van der Waals surface area contributed by atoms with Crippen LogP contribution in [0, 0.1) is 17.3 Å². The molecule has 2 fully saturated rings. The molecule has 0 saturated carbocycles. The number of aromatic hydroxyl groups is 1. The van der Waals surface area contributed by atoms with Crippen molar-refractivity contribution in [2.75, 3.05) is 58.9 Å². The van der Waals surface area contributed by atoms with E-state index in [2.05, 4.69) is 71.3 Å². The molecule has 2 aromatic carbocycles. The first-order chi connectivity index (χ1) is 32.9. The number of likely N-dealkylation sites (N-methyl/N-ethyl adjacent to an activating group) is 1. The summed E-state index contributed by atoms with van der Waals surface area (Å²) in [5.41, 5.74) is 9.56. The highest BCUT2D eigenvalue weighted by Gasteiger charge is 2.41. The van der Waals surface area contributed by atoms with Gasteiger partial charge in [0.2, 0.25) is 17.7 Å². The van der Waals surface area contributed by atoms with Gasteiger partial charge in [-0.15, -0.1) is 0 Å². The number of nitrogens with one attached hydrogen (secondary N) is 2. The molecule has 4 amide bonds. The number of phenolic OH excluding ortho intramolecular Hbond substituents is 1. The predicted molar refractivity (Wildman–Crippen MR) is 260 cm³/mol. The Balaban J connectivity index is 1.21. The summed E-state index contributed by atoms with van der Waals surface area (Å²) in [6.07, 6.45) is 7.08. The Morgan fingerprint density at radius 3 is 2.59 bits per heavy atom. The highest BCUT2D eigenvalue weighted by Crippen LogP contribution is 2.42. The van der Waals surface area contributed by atoms with E-state index in [9.17, 15) is 29.1 Å². The number of ether oxygens (including phenoxy) is 2. The SMILES string of the molecule is C=CC(=O)N1CC[C@H](C(=O)N(C)[C@H](C(=O)N[C@H]2Cc3cc(O)cc(c3)-c3ccc4c(c3)n(c(-c3cncc5c3[C@@H](OC)CCN5C)[n+]4CC)CC(C)(C)COC(=O)[C@@H]3CCCN(N3)C2=O)C(C)C)C1. The van der Waals surface area contributed by atoms with Crippen molar-refractivity contribution >= 4 is 46.3 Å². The third kappa shape index (κ3) is 9.80. The van der Waals surface area contributed by atoms with Crippen LogP contribution in [0.1, 0.15) is 77.5 Å². The Hall–Kier alpha value is -6.33. The molecular formula is C52H68N9O8+. The monoisotopic (exact) mass is 947 g/mol. The van der Waals surface area contributed by atoms with Gasteiger partial charge in [0, 0.05) is 71.0 Å². The number of hydrazine groups is 1. The number of anilines is 1. The molecule has 69 heavy (non-hydrogen) atoms. The highest BCUT2D eigenvalue weighted by atomic mass is 16.5. The molecule has 8 rings (SSSR count). The maximum absolute atomic E-state index is 14.8. The number of pyridine rings is 1. The van der Waals surface area contributed by atoms with Gasteiger partial charge in [-0.25, -0.2) is 14.6 Å². The Kier molecular flexibility index (Phi) is 14.2. The van der Waals surface area contributed by atoms with Crippen molar-refractivity contribution in [1.82, 2.24) is 35.1 Å². The van der Waals surface area contributed by atoms with E-state index in [1.54, 1.807) is 31.2 Å². The maximum Gasteiger partial charge on any atom is 0.324 e. The smallest absolute Gasteiger partial charge is 0.324 e. The number of cyclic esters (lactones) is 1. The van der Waals surface area contributed by atoms with Gasteiger partial charge in [0.05, 0.1) is 42.6 Å². The van der Waals surface area contributed by atoms with Gasteiger partial charge in [-0.05, 0) is 91.6 Å². The summed E-state index contributed by atoms with van der Waals surface area (Å²) in [6, 6.07) is 8.47. The predicted octanol–water partition coefficient (Wildman–Crippen LogP) is 4.53. The lowest BCUT2D eigenvalue weighted by Gasteiger charge is -2.37. The van der Waals surface area contributed by atoms with Gasteiger partial charge in [0.25, 0.3) is 11.7 Å². The molecule has 17 nitrogen and oxygen atoms in total. The Labute approximate surface area is 404 Å². The molecule has 0 spiro atoms. The Bertz CT molecular complexity index is 2660. The summed E-state index contributed by atoms with van der Waals surface area (Å²) in [4.78, 5) is 79.6. The number of carbonyl (C=O) groups is 5. The number of aromatic nitrogens is 3. The number of nitrogens with zero attached hydrogens (tertiary/aromatic N) is 7. The fourth-order valence-electron chi connectivity index (χ4n) is 10.8. The van der Waals surface area contributed by atoms with Crippen LogP contribution in [0.5, 0.6) is 5.75 Å². The Morgan fingerprint density at radius 2 is 1.87 bits per heavy atom. The second-order valence-corrected chi connectivity index (χ2v) is 20.3. The number of hydrogen-bond donors (Lipinski definition) is 3. The van der Waals surface area contributed by atoms with Crippen LogP contribution >= 0.6 is 0 Å². The molecule has 2 saturated heterocycles. The van der Waals surface area contributed by atoms with Gasteiger partial charge in [-0.1, -0.05) is 40.3 Å². The summed E-state index contributed by atoms with van der Waals surface area (Å²) < 4.78 is 16.9. The number of amides is 4. The fourth-order valence-corrected chi connectivity index (χ4v) is 10.8. The maximum atomic E-state index is 14.8. The molecule has 4 aliphatic rings. The van der Waals surface area contributed by atoms with Crippen molar-refractivity contribution in [2.24, 2.45) is 17.3 Å². The first-order valence-corrected chi connectivity index (χ1v) is 24.3. The molecule has 2 aromatic heterocycles. The van der Waals surface area contributed by atoms with Crippen molar-refractivity contribution in [1.29, 1.82) is 0 Å². The van der Waals surface area contributed by atoms with Crippen LogP contribution < -0.4 is 20.2 Å². The van der Waals surface area contributed by atoms with E-state index >= 15 is 0 Å². The molecule has 17 heteroatoms. The number of phenols is 1. The van der Waals surface area contributed by atoms with Crippen molar-refractivity contribution in [3.63, 3.8) is 0 Å². The topological polar surface area (TPSA) is 183 Å². The lowest BCUT2D eigenvalue weighted by molar-refractivity contribution is -0.657. The molecule has 0 aliphatic carbocycles. The number of benzene rings is 2. The molecular weight excluding hydrogens is 879 g/mol. The van der Waals surface area contributed by atoms with Crippen molar-refractivity contribution in [2.45, 2.75) is 104 Å². The summed E-state index contributed by atoms with van der Waals surface area (Å²) in [5.74, 6) is -1.94. The van der Waals surface area contributed by atoms with Crippen LogP contribution in [0.25, 0.3) is 33.5 Å². The van der Waals surface area contributed by atoms with Crippen LogP contribution in [-0.2, 0) is 53.0 Å². The van der Waals surface area contributed by atoms with Crippen LogP contribution in [0.3, 0.4) is 0 Å². The summed E-state index contributed by atoms with van der Waals surface area (Å²) >= 11 is 0. The fraction of sp³-hybridized carbons (Fsp3) is 0.519. The van der Waals surface area contributed by atoms with Gasteiger partial charge in [0.15, 0.2) is 11.0 Å². The first kappa shape index (κ1) is 49.1. The number of rotatable bonds is 9. The van der Waals surface area contributed by atoms with E-state index < -0.39 is 47.2 Å². The van der Waals surface area contributed by atoms with Crippen molar-refractivity contribution in [3.05, 3.63) is 72.6 Å². The number of imidazole rings is 1. The van der Waals surface area contributed by atoms with E-state index in [1.165, 1.54) is 16.0 Å². The zero-order chi connectivity index (χ0) is 49.5. The molecule has 4 aromatic rings. The molecule has 4 aliphatic heterocycles. The summed E-state index contributed by atoms with van der Waals surface area (Å²) in [7, 11) is 5.40. The molecule has 6 bridgehead atoms. The molecule has 3 N–H and O–H groups in total. The molecule has 368 valence electrons. The number of hydrogen-bond acceptors (Lipinski definition) is 11. The van der Waals surface area contributed by atoms with Crippen LogP contribution in [0.2, 0.25) is 0 Å². The lowest BCUT2D eigenvalue weighted by atomic mass is 9.93. The first-order valence-electron chi connectivity index (χ1n) is 24.3. The minimum Gasteiger partial charge on any atom is -0.508 e. The van der Waals surface area contributed by atoms with E-state index in [1.807, 2.05) is 38.4 Å². The minimum absolute atomic E-state index is 0.0168. The zero-order valence-corrected chi connectivity index (χ0v) is 41.3. The largest absolute Gasteiger partial charge is 0.508 e. The van der Waals surface area contributed by atoms with Crippen LogP contribution in [-0.4, -0.2) is 131 Å². The zero-order valence-electron chi connectivity index (χ0n) is 41.3. The number of fused-ring (bicyclic) bond motifs is 7. The van der Waals surface area contributed by atoms with E-state index in [4.69, 9.17) is 14.5 Å². The summed E-state index contributed by atoms with van der Waals surface area (Å²) in [5, 5.41) is 15.8. The van der Waals surface area contributed by atoms with Crippen molar-refractivity contribution < 1.29 is 43.1 Å². The average molecular weight is 947 g/mol. The third-order valence-electron chi connectivity index (χ3n) is 14.3. The molecule has 5 atom stereocenters. The number of aryl methyl sites for hydroxylation is 1. The van der Waals surface area contributed by atoms with Gasteiger partial charge < -0.3 is 34.6 Å². The number of carbonyl (C=O) groups excluding carboxylic acids is 5. The molecule has 0 unspecified atom stereocenters. The van der Waals surface area contributed by atoms with E-state index in [-0.39, 0.29) is 55.7 Å². The Morgan fingerprint density at radius 1 is 1.09 bits per heavy atom.